The Bertz CT molecular complexity index is 404. The number of piperazine rings is 1. The molecule has 0 aromatic carbocycles. The third kappa shape index (κ3) is 3.23. The lowest BCUT2D eigenvalue weighted by molar-refractivity contribution is 0.00212. The smallest absolute Gasteiger partial charge is 0.0794 e. The molecule has 3 nitrogen and oxygen atoms in total. The average molecular weight is 295 g/mol. The van der Waals surface area contributed by atoms with Crippen LogP contribution < -0.4 is 5.32 Å². The standard InChI is InChI=1S/C16H29N3S/c1-6-16(7-2)11-18-14(15(3,4)5)10-19(16)9-13-8-17-12-20-13/h8,12,14,18H,6-7,9-11H2,1-5H3. The Labute approximate surface area is 127 Å². The Kier molecular flexibility index (Phi) is 4.88. The predicted molar refractivity (Wildman–Crippen MR) is 87.1 cm³/mol. The molecule has 1 aliphatic rings. The van der Waals surface area contributed by atoms with Crippen molar-refractivity contribution in [2.75, 3.05) is 13.1 Å². The van der Waals surface area contributed by atoms with Crippen LogP contribution in [0.5, 0.6) is 0 Å². The second kappa shape index (κ2) is 6.12. The summed E-state index contributed by atoms with van der Waals surface area (Å²) in [4.78, 5) is 8.31. The van der Waals surface area contributed by atoms with E-state index >= 15 is 0 Å². The number of hydrogen-bond donors (Lipinski definition) is 1. The topological polar surface area (TPSA) is 28.2 Å². The molecule has 0 bridgehead atoms. The van der Waals surface area contributed by atoms with Crippen molar-refractivity contribution in [1.29, 1.82) is 0 Å². The Morgan fingerprint density at radius 1 is 1.40 bits per heavy atom. The summed E-state index contributed by atoms with van der Waals surface area (Å²) >= 11 is 1.77. The van der Waals surface area contributed by atoms with Gasteiger partial charge in [0.1, 0.15) is 0 Å². The Morgan fingerprint density at radius 2 is 2.10 bits per heavy atom. The summed E-state index contributed by atoms with van der Waals surface area (Å²) in [5, 5.41) is 3.81. The van der Waals surface area contributed by atoms with E-state index in [1.54, 1.807) is 11.3 Å². The summed E-state index contributed by atoms with van der Waals surface area (Å²) in [5.41, 5.74) is 2.55. The molecule has 1 fully saturated rings. The molecule has 0 saturated carbocycles. The van der Waals surface area contributed by atoms with E-state index in [9.17, 15) is 0 Å². The van der Waals surface area contributed by atoms with Gasteiger partial charge in [0.05, 0.1) is 5.51 Å². The van der Waals surface area contributed by atoms with Crippen LogP contribution in [0, 0.1) is 5.41 Å². The van der Waals surface area contributed by atoms with Gasteiger partial charge in [-0.2, -0.15) is 0 Å². The summed E-state index contributed by atoms with van der Waals surface area (Å²) in [6.45, 7) is 14.9. The van der Waals surface area contributed by atoms with Crippen molar-refractivity contribution in [3.63, 3.8) is 0 Å². The molecule has 2 rings (SSSR count). The van der Waals surface area contributed by atoms with Crippen molar-refractivity contribution in [3.8, 4) is 0 Å². The first-order valence-corrected chi connectivity index (χ1v) is 8.65. The summed E-state index contributed by atoms with van der Waals surface area (Å²) in [7, 11) is 0. The van der Waals surface area contributed by atoms with Crippen LogP contribution in [0.25, 0.3) is 0 Å². The van der Waals surface area contributed by atoms with E-state index in [0.29, 0.717) is 17.0 Å². The van der Waals surface area contributed by atoms with Gasteiger partial charge >= 0.3 is 0 Å². The Hall–Kier alpha value is -0.450. The van der Waals surface area contributed by atoms with E-state index in [2.05, 4.69) is 49.8 Å². The molecule has 1 saturated heterocycles. The fourth-order valence-electron chi connectivity index (χ4n) is 3.17. The second-order valence-corrected chi connectivity index (χ2v) is 8.05. The van der Waals surface area contributed by atoms with Crippen molar-refractivity contribution < 1.29 is 0 Å². The lowest BCUT2D eigenvalue weighted by Crippen LogP contribution is -2.66. The quantitative estimate of drug-likeness (QED) is 0.921. The fourth-order valence-corrected chi connectivity index (χ4v) is 3.78. The van der Waals surface area contributed by atoms with Crippen LogP contribution in [0.1, 0.15) is 52.3 Å². The summed E-state index contributed by atoms with van der Waals surface area (Å²) in [6, 6.07) is 0.557. The van der Waals surface area contributed by atoms with Gasteiger partial charge in [0.15, 0.2) is 0 Å². The van der Waals surface area contributed by atoms with Crippen LogP contribution in [0.2, 0.25) is 0 Å². The van der Waals surface area contributed by atoms with Crippen molar-refractivity contribution in [2.24, 2.45) is 5.41 Å². The number of nitrogens with zero attached hydrogens (tertiary/aromatic N) is 2. The van der Waals surface area contributed by atoms with Crippen molar-refractivity contribution in [3.05, 3.63) is 16.6 Å². The molecule has 20 heavy (non-hydrogen) atoms. The van der Waals surface area contributed by atoms with Gasteiger partial charge in [-0.3, -0.25) is 9.88 Å². The zero-order chi connectivity index (χ0) is 14.8. The molecule has 4 heteroatoms. The molecule has 0 amide bonds. The molecule has 1 atom stereocenters. The lowest BCUT2D eigenvalue weighted by Gasteiger charge is -2.52. The molecule has 2 heterocycles. The van der Waals surface area contributed by atoms with E-state index in [1.807, 2.05) is 11.7 Å². The summed E-state index contributed by atoms with van der Waals surface area (Å²) in [5.74, 6) is 0. The van der Waals surface area contributed by atoms with Gasteiger partial charge in [-0.25, -0.2) is 0 Å². The van der Waals surface area contributed by atoms with Crippen LogP contribution >= 0.6 is 11.3 Å². The normalized spacial score (nSPS) is 23.9. The SMILES string of the molecule is CCC1(CC)CNC(C(C)(C)C)CN1Cc1cncs1. The molecular formula is C16H29N3S. The van der Waals surface area contributed by atoms with E-state index in [-0.39, 0.29) is 0 Å². The molecule has 0 radical (unpaired) electrons. The lowest BCUT2D eigenvalue weighted by atomic mass is 9.80. The molecule has 1 N–H and O–H groups in total. The third-order valence-corrected chi connectivity index (χ3v) is 5.71. The van der Waals surface area contributed by atoms with Crippen molar-refractivity contribution in [2.45, 2.75) is 65.6 Å². The van der Waals surface area contributed by atoms with Crippen LogP contribution in [0.4, 0.5) is 0 Å². The van der Waals surface area contributed by atoms with Crippen LogP contribution in [-0.4, -0.2) is 34.6 Å². The third-order valence-electron chi connectivity index (χ3n) is 4.94. The maximum absolute atomic E-state index is 4.23. The zero-order valence-corrected chi connectivity index (χ0v) is 14.4. The van der Waals surface area contributed by atoms with Crippen LogP contribution in [0.15, 0.2) is 11.7 Å². The van der Waals surface area contributed by atoms with E-state index in [0.717, 1.165) is 19.6 Å². The minimum absolute atomic E-state index is 0.297. The highest BCUT2D eigenvalue weighted by Gasteiger charge is 2.41. The largest absolute Gasteiger partial charge is 0.310 e. The highest BCUT2D eigenvalue weighted by Crippen LogP contribution is 2.33. The molecule has 1 aromatic rings. The van der Waals surface area contributed by atoms with Gasteiger partial charge in [0.2, 0.25) is 0 Å². The number of hydrogen-bond acceptors (Lipinski definition) is 4. The first kappa shape index (κ1) is 15.9. The van der Waals surface area contributed by atoms with Gasteiger partial charge in [-0.05, 0) is 18.3 Å². The van der Waals surface area contributed by atoms with Gasteiger partial charge in [0, 0.05) is 42.3 Å². The Morgan fingerprint density at radius 3 is 2.60 bits per heavy atom. The fraction of sp³-hybridized carbons (Fsp3) is 0.812. The highest BCUT2D eigenvalue weighted by molar-refractivity contribution is 7.09. The minimum Gasteiger partial charge on any atom is -0.310 e. The van der Waals surface area contributed by atoms with Crippen LogP contribution in [-0.2, 0) is 6.54 Å². The zero-order valence-electron chi connectivity index (χ0n) is 13.6. The summed E-state index contributed by atoms with van der Waals surface area (Å²) < 4.78 is 0. The Balaban J connectivity index is 2.19. The van der Waals surface area contributed by atoms with Crippen molar-refractivity contribution in [1.82, 2.24) is 15.2 Å². The van der Waals surface area contributed by atoms with Crippen LogP contribution in [0.3, 0.4) is 0 Å². The number of aromatic nitrogens is 1. The van der Waals surface area contributed by atoms with E-state index in [1.165, 1.54) is 17.7 Å². The van der Waals surface area contributed by atoms with Gasteiger partial charge in [0.25, 0.3) is 0 Å². The first-order chi connectivity index (χ1) is 9.41. The molecule has 114 valence electrons. The summed E-state index contributed by atoms with van der Waals surface area (Å²) in [6.07, 6.45) is 4.42. The molecule has 0 spiro atoms. The molecule has 1 unspecified atom stereocenters. The predicted octanol–water partition coefficient (Wildman–Crippen LogP) is 3.52. The molecule has 1 aromatic heterocycles. The highest BCUT2D eigenvalue weighted by atomic mass is 32.1. The number of nitrogens with one attached hydrogen (secondary N) is 1. The molecular weight excluding hydrogens is 266 g/mol. The van der Waals surface area contributed by atoms with E-state index < -0.39 is 0 Å². The second-order valence-electron chi connectivity index (χ2n) is 7.08. The first-order valence-electron chi connectivity index (χ1n) is 7.77. The van der Waals surface area contributed by atoms with Gasteiger partial charge in [-0.1, -0.05) is 34.6 Å². The van der Waals surface area contributed by atoms with Gasteiger partial charge < -0.3 is 5.32 Å². The number of rotatable bonds is 4. The maximum atomic E-state index is 4.23. The average Bonchev–Trinajstić information content (AvgIpc) is 2.91. The maximum Gasteiger partial charge on any atom is 0.0794 e. The van der Waals surface area contributed by atoms with E-state index in [4.69, 9.17) is 0 Å². The monoisotopic (exact) mass is 295 g/mol. The number of thiazole rings is 1. The van der Waals surface area contributed by atoms with Gasteiger partial charge in [-0.15, -0.1) is 11.3 Å². The van der Waals surface area contributed by atoms with Crippen molar-refractivity contribution >= 4 is 11.3 Å². The minimum atomic E-state index is 0.297. The molecule has 0 aliphatic carbocycles. The molecule has 1 aliphatic heterocycles.